The number of carbonyl (C=O) groups excluding carboxylic acids is 1. The Labute approximate surface area is 139 Å². The van der Waals surface area contributed by atoms with E-state index in [9.17, 15) is 25.2 Å². The van der Waals surface area contributed by atoms with Gasteiger partial charge in [-0.25, -0.2) is 0 Å². The van der Waals surface area contributed by atoms with Crippen LogP contribution in [0.1, 0.15) is 23.7 Å². The number of aliphatic hydroxyl groups is 4. The number of ether oxygens (including phenoxy) is 3. The third kappa shape index (κ3) is 3.68. The quantitative estimate of drug-likeness (QED) is 0.508. The van der Waals surface area contributed by atoms with Crippen LogP contribution in [0, 0.1) is 0 Å². The molecule has 1 fully saturated rings. The van der Waals surface area contributed by atoms with Gasteiger partial charge in [-0.15, -0.1) is 0 Å². The zero-order valence-electron chi connectivity index (χ0n) is 13.5. The van der Waals surface area contributed by atoms with Crippen molar-refractivity contribution >= 4 is 5.78 Å². The summed E-state index contributed by atoms with van der Waals surface area (Å²) in [5.74, 6) is 0.383. The van der Waals surface area contributed by atoms with Gasteiger partial charge in [0.05, 0.1) is 13.7 Å². The maximum atomic E-state index is 11.7. The van der Waals surface area contributed by atoms with E-state index in [0.717, 1.165) is 0 Å². The number of aliphatic hydroxyl groups excluding tert-OH is 4. The SMILES string of the molecule is CCC(=O)c1ccc(O[C@@H]2O[C@@H](CO)[C@@H](O)[C@H](O)[C@H]2O)c(OC)c1. The molecule has 0 unspecified atom stereocenters. The molecule has 1 aliphatic rings. The Morgan fingerprint density at radius 3 is 2.46 bits per heavy atom. The van der Waals surface area contributed by atoms with Crippen molar-refractivity contribution in [3.8, 4) is 11.5 Å². The second-order valence-electron chi connectivity index (χ2n) is 5.46. The third-order valence-corrected chi connectivity index (χ3v) is 3.90. The van der Waals surface area contributed by atoms with Crippen molar-refractivity contribution in [1.29, 1.82) is 0 Å². The first-order valence-electron chi connectivity index (χ1n) is 7.61. The smallest absolute Gasteiger partial charge is 0.229 e. The summed E-state index contributed by atoms with van der Waals surface area (Å²) in [6.45, 7) is 1.19. The molecular formula is C16H22O8. The number of ketones is 1. The maximum Gasteiger partial charge on any atom is 0.229 e. The van der Waals surface area contributed by atoms with Gasteiger partial charge < -0.3 is 34.6 Å². The number of benzene rings is 1. The minimum atomic E-state index is -1.53. The Morgan fingerprint density at radius 2 is 1.88 bits per heavy atom. The Morgan fingerprint density at radius 1 is 1.17 bits per heavy atom. The summed E-state index contributed by atoms with van der Waals surface area (Å²) in [5.41, 5.74) is 0.454. The lowest BCUT2D eigenvalue weighted by molar-refractivity contribution is -0.277. The highest BCUT2D eigenvalue weighted by molar-refractivity contribution is 5.96. The van der Waals surface area contributed by atoms with E-state index >= 15 is 0 Å². The summed E-state index contributed by atoms with van der Waals surface area (Å²) < 4.78 is 16.0. The van der Waals surface area contributed by atoms with E-state index in [1.807, 2.05) is 0 Å². The predicted molar refractivity (Wildman–Crippen MR) is 82.0 cm³/mol. The van der Waals surface area contributed by atoms with Crippen LogP contribution >= 0.6 is 0 Å². The Hall–Kier alpha value is -1.71. The second kappa shape index (κ2) is 7.91. The average Bonchev–Trinajstić information content (AvgIpc) is 2.61. The van der Waals surface area contributed by atoms with Gasteiger partial charge in [0.15, 0.2) is 17.3 Å². The van der Waals surface area contributed by atoms with E-state index in [0.29, 0.717) is 12.0 Å². The molecular weight excluding hydrogens is 320 g/mol. The van der Waals surface area contributed by atoms with Gasteiger partial charge in [0.1, 0.15) is 24.4 Å². The molecule has 24 heavy (non-hydrogen) atoms. The molecule has 0 aliphatic carbocycles. The van der Waals surface area contributed by atoms with Gasteiger partial charge in [-0.1, -0.05) is 6.92 Å². The summed E-state index contributed by atoms with van der Waals surface area (Å²) in [7, 11) is 1.40. The summed E-state index contributed by atoms with van der Waals surface area (Å²) >= 11 is 0. The summed E-state index contributed by atoms with van der Waals surface area (Å²) in [6, 6.07) is 4.54. The molecule has 0 saturated carbocycles. The van der Waals surface area contributed by atoms with Crippen LogP contribution in [0.5, 0.6) is 11.5 Å². The molecule has 0 amide bonds. The van der Waals surface area contributed by atoms with Gasteiger partial charge in [-0.2, -0.15) is 0 Å². The highest BCUT2D eigenvalue weighted by atomic mass is 16.7. The Balaban J connectivity index is 2.21. The molecule has 1 aromatic carbocycles. The average molecular weight is 342 g/mol. The fraction of sp³-hybridized carbons (Fsp3) is 0.562. The van der Waals surface area contributed by atoms with Crippen molar-refractivity contribution in [1.82, 2.24) is 0 Å². The standard InChI is InChI=1S/C16H22O8/c1-3-9(18)8-4-5-10(11(6-8)22-2)23-16-15(21)14(20)13(19)12(7-17)24-16/h4-6,12-17,19-21H,3,7H2,1-2H3/t12-,13+,14-,15+,16+/m0/s1. The van der Waals surface area contributed by atoms with Gasteiger partial charge in [0, 0.05) is 12.0 Å². The molecule has 0 aromatic heterocycles. The molecule has 1 heterocycles. The molecule has 0 spiro atoms. The van der Waals surface area contributed by atoms with Crippen LogP contribution in [0.3, 0.4) is 0 Å². The number of rotatable bonds is 6. The molecule has 0 radical (unpaired) electrons. The van der Waals surface area contributed by atoms with E-state index in [1.165, 1.54) is 19.2 Å². The monoisotopic (exact) mass is 342 g/mol. The van der Waals surface area contributed by atoms with Crippen molar-refractivity contribution in [2.75, 3.05) is 13.7 Å². The number of Topliss-reactive ketones (excluding diaryl/α,β-unsaturated/α-hetero) is 1. The fourth-order valence-electron chi connectivity index (χ4n) is 2.43. The van der Waals surface area contributed by atoms with Crippen LogP contribution in [-0.4, -0.2) is 70.6 Å². The van der Waals surface area contributed by atoms with Gasteiger partial charge in [-0.3, -0.25) is 4.79 Å². The molecule has 4 N–H and O–H groups in total. The largest absolute Gasteiger partial charge is 0.493 e. The number of hydrogen-bond acceptors (Lipinski definition) is 8. The van der Waals surface area contributed by atoms with Crippen LogP contribution < -0.4 is 9.47 Å². The predicted octanol–water partition coefficient (Wildman–Crippen LogP) is -0.533. The summed E-state index contributed by atoms with van der Waals surface area (Å²) in [6.07, 6.45) is -6.56. The molecule has 1 aliphatic heterocycles. The summed E-state index contributed by atoms with van der Waals surface area (Å²) in [4.78, 5) is 11.7. The van der Waals surface area contributed by atoms with E-state index in [-0.39, 0.29) is 17.3 Å². The van der Waals surface area contributed by atoms with Gasteiger partial charge >= 0.3 is 0 Å². The fourth-order valence-corrected chi connectivity index (χ4v) is 2.43. The number of methoxy groups -OCH3 is 1. The van der Waals surface area contributed by atoms with Crippen LogP contribution in [0.2, 0.25) is 0 Å². The zero-order valence-corrected chi connectivity index (χ0v) is 13.5. The zero-order chi connectivity index (χ0) is 17.9. The highest BCUT2D eigenvalue weighted by Gasteiger charge is 2.44. The van der Waals surface area contributed by atoms with Crippen molar-refractivity contribution in [2.24, 2.45) is 0 Å². The minimum Gasteiger partial charge on any atom is -0.493 e. The lowest BCUT2D eigenvalue weighted by atomic mass is 9.99. The van der Waals surface area contributed by atoms with Crippen molar-refractivity contribution in [3.63, 3.8) is 0 Å². The Bertz CT molecular complexity index is 573. The van der Waals surface area contributed by atoms with Crippen LogP contribution in [0.4, 0.5) is 0 Å². The molecule has 8 heteroatoms. The lowest BCUT2D eigenvalue weighted by Gasteiger charge is -2.39. The topological polar surface area (TPSA) is 126 Å². The van der Waals surface area contributed by atoms with Gasteiger partial charge in [0.2, 0.25) is 6.29 Å². The van der Waals surface area contributed by atoms with Crippen molar-refractivity contribution < 1.29 is 39.4 Å². The van der Waals surface area contributed by atoms with E-state index in [4.69, 9.17) is 14.2 Å². The molecule has 134 valence electrons. The normalized spacial score (nSPS) is 30.0. The first-order chi connectivity index (χ1) is 11.4. The van der Waals surface area contributed by atoms with E-state index in [2.05, 4.69) is 0 Å². The molecule has 1 aromatic rings. The summed E-state index contributed by atoms with van der Waals surface area (Å²) in [5, 5.41) is 38.7. The lowest BCUT2D eigenvalue weighted by Crippen LogP contribution is -2.60. The minimum absolute atomic E-state index is 0.0623. The van der Waals surface area contributed by atoms with Gasteiger partial charge in [0.25, 0.3) is 0 Å². The highest BCUT2D eigenvalue weighted by Crippen LogP contribution is 2.32. The van der Waals surface area contributed by atoms with E-state index in [1.54, 1.807) is 13.0 Å². The number of carbonyl (C=O) groups is 1. The van der Waals surface area contributed by atoms with Crippen LogP contribution in [-0.2, 0) is 4.74 Å². The molecule has 8 nitrogen and oxygen atoms in total. The van der Waals surface area contributed by atoms with E-state index < -0.39 is 37.3 Å². The number of hydrogen-bond donors (Lipinski definition) is 4. The van der Waals surface area contributed by atoms with Crippen molar-refractivity contribution in [2.45, 2.75) is 44.1 Å². The third-order valence-electron chi connectivity index (χ3n) is 3.90. The molecule has 2 rings (SSSR count). The van der Waals surface area contributed by atoms with Gasteiger partial charge in [-0.05, 0) is 18.2 Å². The maximum absolute atomic E-state index is 11.7. The molecule has 5 atom stereocenters. The van der Waals surface area contributed by atoms with Crippen molar-refractivity contribution in [3.05, 3.63) is 23.8 Å². The second-order valence-corrected chi connectivity index (χ2v) is 5.46. The molecule has 1 saturated heterocycles. The first-order valence-corrected chi connectivity index (χ1v) is 7.61. The van der Waals surface area contributed by atoms with Crippen LogP contribution in [0.15, 0.2) is 18.2 Å². The van der Waals surface area contributed by atoms with Crippen LogP contribution in [0.25, 0.3) is 0 Å². The Kier molecular flexibility index (Phi) is 6.14. The first kappa shape index (κ1) is 18.6. The molecule has 0 bridgehead atoms.